The summed E-state index contributed by atoms with van der Waals surface area (Å²) in [5.74, 6) is -0.330. The molecule has 0 heterocycles. The summed E-state index contributed by atoms with van der Waals surface area (Å²) >= 11 is 0. The molecule has 252 valence electrons. The minimum absolute atomic E-state index is 0.000772. The van der Waals surface area contributed by atoms with Crippen molar-refractivity contribution >= 4 is 5.91 Å². The number of aliphatic hydroxyl groups excluding tert-OH is 3. The minimum Gasteiger partial charge on any atom is -0.394 e. The molecule has 5 heteroatoms. The molecule has 0 aliphatic rings. The highest BCUT2D eigenvalue weighted by Crippen LogP contribution is 2.14. The molecule has 0 spiro atoms. The molecule has 0 fully saturated rings. The highest BCUT2D eigenvalue weighted by atomic mass is 16.3. The Bertz CT molecular complexity index is 675. The van der Waals surface area contributed by atoms with E-state index in [0.717, 1.165) is 51.4 Å². The number of carbonyl (C=O) groups is 1. The molecule has 43 heavy (non-hydrogen) atoms. The van der Waals surface area contributed by atoms with Gasteiger partial charge in [-0.05, 0) is 44.9 Å². The Kier molecular flexibility index (Phi) is 32.3. The lowest BCUT2D eigenvalue weighted by Crippen LogP contribution is -2.45. The van der Waals surface area contributed by atoms with E-state index in [-0.39, 0.29) is 18.9 Å². The third-order valence-electron chi connectivity index (χ3n) is 8.20. The summed E-state index contributed by atoms with van der Waals surface area (Å²) in [6, 6.07) is -0.748. The van der Waals surface area contributed by atoms with Crippen LogP contribution in [0.2, 0.25) is 0 Å². The van der Waals surface area contributed by atoms with E-state index in [0.29, 0.717) is 6.42 Å². The third kappa shape index (κ3) is 30.4. The Morgan fingerprint density at radius 2 is 1.02 bits per heavy atom. The summed E-state index contributed by atoms with van der Waals surface area (Å²) in [4.78, 5) is 12.3. The lowest BCUT2D eigenvalue weighted by Gasteiger charge is -2.21. The molecule has 0 bridgehead atoms. The Morgan fingerprint density at radius 3 is 1.53 bits per heavy atom. The van der Waals surface area contributed by atoms with Gasteiger partial charge >= 0.3 is 0 Å². The lowest BCUT2D eigenvalue weighted by molar-refractivity contribution is -0.124. The van der Waals surface area contributed by atoms with Crippen molar-refractivity contribution in [1.29, 1.82) is 0 Å². The van der Waals surface area contributed by atoms with Gasteiger partial charge < -0.3 is 20.6 Å². The molecule has 4 N–H and O–H groups in total. The van der Waals surface area contributed by atoms with Crippen LogP contribution in [-0.4, -0.2) is 46.1 Å². The topological polar surface area (TPSA) is 89.8 Å². The van der Waals surface area contributed by atoms with Crippen LogP contribution in [0.25, 0.3) is 0 Å². The van der Waals surface area contributed by atoms with E-state index in [9.17, 15) is 20.1 Å². The van der Waals surface area contributed by atoms with Gasteiger partial charge in [0.15, 0.2) is 0 Å². The molecule has 0 aromatic heterocycles. The Hall–Kier alpha value is -1.43. The van der Waals surface area contributed by atoms with Crippen LogP contribution in [0.3, 0.4) is 0 Å². The molecule has 0 rings (SSSR count). The molecular weight excluding hydrogens is 534 g/mol. The van der Waals surface area contributed by atoms with Crippen LogP contribution in [0.1, 0.15) is 174 Å². The maximum Gasteiger partial charge on any atom is 0.222 e. The molecule has 1 amide bonds. The van der Waals surface area contributed by atoms with Crippen molar-refractivity contribution in [3.8, 4) is 0 Å². The maximum atomic E-state index is 12.3. The van der Waals surface area contributed by atoms with Crippen molar-refractivity contribution in [2.24, 2.45) is 0 Å². The van der Waals surface area contributed by atoms with Gasteiger partial charge in [0.2, 0.25) is 5.91 Å². The summed E-state index contributed by atoms with van der Waals surface area (Å²) in [5.41, 5.74) is 0. The van der Waals surface area contributed by atoms with Gasteiger partial charge in [0, 0.05) is 0 Å². The van der Waals surface area contributed by atoms with E-state index in [1.54, 1.807) is 6.08 Å². The summed E-state index contributed by atoms with van der Waals surface area (Å²) in [5, 5.41) is 33.0. The molecule has 0 aromatic carbocycles. The third-order valence-corrected chi connectivity index (χ3v) is 8.20. The van der Waals surface area contributed by atoms with Crippen LogP contribution in [0.5, 0.6) is 0 Å². The van der Waals surface area contributed by atoms with Crippen molar-refractivity contribution in [1.82, 2.24) is 5.32 Å². The molecule has 0 aliphatic heterocycles. The summed E-state index contributed by atoms with van der Waals surface area (Å²) in [7, 11) is 0. The second-order valence-corrected chi connectivity index (χ2v) is 12.5. The normalized spacial score (nSPS) is 14.3. The average Bonchev–Trinajstić information content (AvgIpc) is 3.00. The van der Waals surface area contributed by atoms with Gasteiger partial charge in [0.1, 0.15) is 0 Å². The fraction of sp³-hybridized carbons (Fsp3) is 0.816. The first kappa shape index (κ1) is 41.6. The number of carbonyl (C=O) groups excluding carboxylic acids is 1. The summed E-state index contributed by atoms with van der Waals surface area (Å²) in [6.45, 7) is 4.15. The highest BCUT2D eigenvalue weighted by molar-refractivity contribution is 5.76. The van der Waals surface area contributed by atoms with Crippen LogP contribution in [-0.2, 0) is 4.79 Å². The van der Waals surface area contributed by atoms with Gasteiger partial charge in [0.25, 0.3) is 0 Å². The smallest absolute Gasteiger partial charge is 0.222 e. The van der Waals surface area contributed by atoms with Crippen molar-refractivity contribution in [2.75, 3.05) is 6.61 Å². The highest BCUT2D eigenvalue weighted by Gasteiger charge is 2.20. The number of amides is 1. The van der Waals surface area contributed by atoms with Crippen LogP contribution in [0, 0.1) is 0 Å². The number of hydrogen-bond donors (Lipinski definition) is 4. The summed E-state index contributed by atoms with van der Waals surface area (Å²) in [6.07, 6.45) is 39.8. The fourth-order valence-corrected chi connectivity index (χ4v) is 5.33. The number of rotatable bonds is 32. The van der Waals surface area contributed by atoms with Crippen molar-refractivity contribution in [3.05, 3.63) is 36.5 Å². The van der Waals surface area contributed by atoms with E-state index in [2.05, 4.69) is 43.5 Å². The number of nitrogens with one attached hydrogen (secondary N) is 1. The van der Waals surface area contributed by atoms with Crippen LogP contribution >= 0.6 is 0 Å². The maximum absolute atomic E-state index is 12.3. The Balaban J connectivity index is 3.79. The largest absolute Gasteiger partial charge is 0.394 e. The second kappa shape index (κ2) is 33.5. The number of unbranched alkanes of at least 4 members (excludes halogenated alkanes) is 20. The second-order valence-electron chi connectivity index (χ2n) is 12.5. The zero-order valence-electron chi connectivity index (χ0n) is 28.3. The van der Waals surface area contributed by atoms with Gasteiger partial charge in [-0.3, -0.25) is 4.79 Å². The van der Waals surface area contributed by atoms with Crippen LogP contribution in [0.4, 0.5) is 0 Å². The first-order valence-corrected chi connectivity index (χ1v) is 18.3. The van der Waals surface area contributed by atoms with Gasteiger partial charge in [-0.15, -0.1) is 0 Å². The van der Waals surface area contributed by atoms with Crippen molar-refractivity contribution < 1.29 is 20.1 Å². The number of allylic oxidation sites excluding steroid dienone is 5. The van der Waals surface area contributed by atoms with Crippen LogP contribution < -0.4 is 5.32 Å². The zero-order chi connectivity index (χ0) is 31.6. The van der Waals surface area contributed by atoms with E-state index >= 15 is 0 Å². The lowest BCUT2D eigenvalue weighted by atomic mass is 10.0. The zero-order valence-corrected chi connectivity index (χ0v) is 28.3. The molecule has 5 nitrogen and oxygen atoms in total. The summed E-state index contributed by atoms with van der Waals surface area (Å²) < 4.78 is 0. The molecule has 0 aromatic rings. The molecule has 0 saturated heterocycles. The number of hydrogen-bond acceptors (Lipinski definition) is 4. The minimum atomic E-state index is -0.932. The molecule has 0 aliphatic carbocycles. The molecular formula is C38H71NO4. The van der Waals surface area contributed by atoms with E-state index in [1.807, 2.05) is 6.08 Å². The van der Waals surface area contributed by atoms with Gasteiger partial charge in [-0.2, -0.15) is 0 Å². The van der Waals surface area contributed by atoms with Crippen molar-refractivity contribution in [3.63, 3.8) is 0 Å². The van der Waals surface area contributed by atoms with Crippen molar-refractivity contribution in [2.45, 2.75) is 193 Å². The number of aliphatic hydroxyl groups is 3. The molecule has 3 atom stereocenters. The van der Waals surface area contributed by atoms with Gasteiger partial charge in [-0.1, -0.05) is 159 Å². The first-order valence-electron chi connectivity index (χ1n) is 18.3. The van der Waals surface area contributed by atoms with Gasteiger partial charge in [-0.25, -0.2) is 0 Å². The quantitative estimate of drug-likeness (QED) is 0.0349. The fourth-order valence-electron chi connectivity index (χ4n) is 5.33. The van der Waals surface area contributed by atoms with E-state index < -0.39 is 18.2 Å². The van der Waals surface area contributed by atoms with E-state index in [1.165, 1.54) is 96.3 Å². The predicted octanol–water partition coefficient (Wildman–Crippen LogP) is 9.65. The van der Waals surface area contributed by atoms with Gasteiger partial charge in [0.05, 0.1) is 31.3 Å². The Labute approximate surface area is 266 Å². The molecule has 3 unspecified atom stereocenters. The predicted molar refractivity (Wildman–Crippen MR) is 185 cm³/mol. The average molecular weight is 606 g/mol. The van der Waals surface area contributed by atoms with E-state index in [4.69, 9.17) is 0 Å². The first-order chi connectivity index (χ1) is 21.0. The molecule has 0 saturated carbocycles. The monoisotopic (exact) mass is 606 g/mol. The standard InChI is InChI=1S/C38H71NO4/c1-3-5-7-9-11-13-15-17-18-20-22-24-26-28-30-32-37(42)36(34-40)39-38(43)33-35(41)31-29-27-25-23-21-19-16-14-12-10-8-6-4-2/h12,14,16,19,30,32,35-37,40-42H,3-11,13,15,17-18,20-29,31,33-34H2,1-2H3,(H,39,43)/b14-12-,19-16-,32-30+. The SMILES string of the molecule is CCCCC/C=C\C=C/CCCCCCC(O)CC(=O)NC(CO)C(O)/C=C/CCCCCCCCCCCCCCC. The van der Waals surface area contributed by atoms with Crippen LogP contribution in [0.15, 0.2) is 36.5 Å². The Morgan fingerprint density at radius 1 is 0.605 bits per heavy atom. The molecule has 0 radical (unpaired) electrons.